The first-order valence-electron chi connectivity index (χ1n) is 6.81. The molecule has 2 fully saturated rings. The lowest BCUT2D eigenvalue weighted by Gasteiger charge is -2.34. The van der Waals surface area contributed by atoms with Crippen molar-refractivity contribution in [2.24, 2.45) is 11.3 Å². The number of carbonyl (C=O) groups is 2. The Morgan fingerprint density at radius 2 is 1.89 bits per heavy atom. The molecule has 2 rings (SSSR count). The minimum Gasteiger partial charge on any atom is -0.389 e. The minimum atomic E-state index is -1.02. The maximum Gasteiger partial charge on any atom is 0.236 e. The molecule has 0 atom stereocenters. The number of rotatable bonds is 2. The first-order chi connectivity index (χ1) is 8.23. The highest BCUT2D eigenvalue weighted by molar-refractivity contribution is 6.06. The number of likely N-dealkylation sites (tertiary alicyclic amines) is 1. The van der Waals surface area contributed by atoms with Gasteiger partial charge in [-0.05, 0) is 45.4 Å². The van der Waals surface area contributed by atoms with Crippen LogP contribution in [0, 0.1) is 11.3 Å². The maximum absolute atomic E-state index is 12.5. The molecule has 2 amide bonds. The van der Waals surface area contributed by atoms with Crippen molar-refractivity contribution in [2.45, 2.75) is 58.5 Å². The standard InChI is InChI=1S/C14H23NO3/c1-10-4-6-14(7-5-10)8-11(16)15(12(14)17)9-13(2,3)18/h10,18H,4-9H2,1-3H3. The average molecular weight is 253 g/mol. The second kappa shape index (κ2) is 4.34. The molecular weight excluding hydrogens is 230 g/mol. The van der Waals surface area contributed by atoms with Gasteiger partial charge in [-0.2, -0.15) is 0 Å². The van der Waals surface area contributed by atoms with Crippen LogP contribution in [0.5, 0.6) is 0 Å². The van der Waals surface area contributed by atoms with Gasteiger partial charge in [-0.1, -0.05) is 6.92 Å². The average Bonchev–Trinajstić information content (AvgIpc) is 2.47. The first kappa shape index (κ1) is 13.5. The van der Waals surface area contributed by atoms with Crippen LogP contribution in [0.2, 0.25) is 0 Å². The third-order valence-corrected chi connectivity index (χ3v) is 4.27. The molecular formula is C14H23NO3. The number of nitrogens with zero attached hydrogens (tertiary/aromatic N) is 1. The van der Waals surface area contributed by atoms with Crippen molar-refractivity contribution in [1.82, 2.24) is 4.90 Å². The van der Waals surface area contributed by atoms with Crippen molar-refractivity contribution >= 4 is 11.8 Å². The molecule has 1 N–H and O–H groups in total. The van der Waals surface area contributed by atoms with E-state index in [1.165, 1.54) is 4.90 Å². The summed E-state index contributed by atoms with van der Waals surface area (Å²) < 4.78 is 0. The minimum absolute atomic E-state index is 0.0541. The Hall–Kier alpha value is -0.900. The van der Waals surface area contributed by atoms with Gasteiger partial charge in [0.05, 0.1) is 17.6 Å². The Balaban J connectivity index is 2.14. The smallest absolute Gasteiger partial charge is 0.236 e. The Morgan fingerprint density at radius 3 is 2.39 bits per heavy atom. The van der Waals surface area contributed by atoms with Gasteiger partial charge in [0.25, 0.3) is 0 Å². The number of carbonyl (C=O) groups excluding carboxylic acids is 2. The highest BCUT2D eigenvalue weighted by atomic mass is 16.3. The lowest BCUT2D eigenvalue weighted by atomic mass is 9.70. The van der Waals surface area contributed by atoms with E-state index in [0.717, 1.165) is 25.7 Å². The van der Waals surface area contributed by atoms with Gasteiger partial charge in [0.15, 0.2) is 0 Å². The van der Waals surface area contributed by atoms with E-state index >= 15 is 0 Å². The van der Waals surface area contributed by atoms with E-state index in [1.54, 1.807) is 13.8 Å². The molecule has 1 heterocycles. The summed E-state index contributed by atoms with van der Waals surface area (Å²) >= 11 is 0. The van der Waals surface area contributed by atoms with Crippen molar-refractivity contribution in [3.8, 4) is 0 Å². The van der Waals surface area contributed by atoms with Gasteiger partial charge in [0.2, 0.25) is 11.8 Å². The summed E-state index contributed by atoms with van der Waals surface area (Å²) in [4.78, 5) is 25.8. The molecule has 0 aromatic heterocycles. The van der Waals surface area contributed by atoms with Crippen LogP contribution in [0.1, 0.15) is 52.9 Å². The second-order valence-electron chi connectivity index (χ2n) is 6.74. The fourth-order valence-electron chi connectivity index (χ4n) is 3.11. The highest BCUT2D eigenvalue weighted by Gasteiger charge is 2.52. The van der Waals surface area contributed by atoms with Crippen molar-refractivity contribution in [3.05, 3.63) is 0 Å². The lowest BCUT2D eigenvalue weighted by Crippen LogP contribution is -2.44. The summed E-state index contributed by atoms with van der Waals surface area (Å²) in [5, 5.41) is 9.80. The molecule has 1 saturated heterocycles. The van der Waals surface area contributed by atoms with Crippen molar-refractivity contribution in [3.63, 3.8) is 0 Å². The zero-order valence-corrected chi connectivity index (χ0v) is 11.5. The third-order valence-electron chi connectivity index (χ3n) is 4.27. The number of β-amino-alcohol motifs (C(OH)–C–C–N with tert-alkyl or cyclic N) is 1. The molecule has 2 aliphatic rings. The molecule has 0 aromatic rings. The second-order valence-corrected chi connectivity index (χ2v) is 6.74. The monoisotopic (exact) mass is 253 g/mol. The van der Waals surface area contributed by atoms with Crippen LogP contribution in [-0.4, -0.2) is 34.0 Å². The number of hydrogen-bond acceptors (Lipinski definition) is 3. The Bertz CT molecular complexity index is 362. The fourth-order valence-corrected chi connectivity index (χ4v) is 3.11. The largest absolute Gasteiger partial charge is 0.389 e. The number of hydrogen-bond donors (Lipinski definition) is 1. The number of imide groups is 1. The number of amides is 2. The topological polar surface area (TPSA) is 57.6 Å². The summed E-state index contributed by atoms with van der Waals surface area (Å²) in [7, 11) is 0. The molecule has 1 aliphatic heterocycles. The molecule has 102 valence electrons. The normalized spacial score (nSPS) is 33.6. The van der Waals surface area contributed by atoms with Gasteiger partial charge < -0.3 is 5.11 Å². The van der Waals surface area contributed by atoms with E-state index in [0.29, 0.717) is 12.3 Å². The predicted octanol–water partition coefficient (Wildman–Crippen LogP) is 1.71. The Morgan fingerprint density at radius 1 is 1.33 bits per heavy atom. The highest BCUT2D eigenvalue weighted by Crippen LogP contribution is 2.46. The van der Waals surface area contributed by atoms with Crippen LogP contribution in [0.4, 0.5) is 0 Å². The van der Waals surface area contributed by atoms with Gasteiger partial charge in [-0.3, -0.25) is 14.5 Å². The predicted molar refractivity (Wildman–Crippen MR) is 67.7 cm³/mol. The maximum atomic E-state index is 12.5. The third kappa shape index (κ3) is 2.44. The van der Waals surface area contributed by atoms with Crippen LogP contribution < -0.4 is 0 Å². The van der Waals surface area contributed by atoms with E-state index in [-0.39, 0.29) is 18.4 Å². The van der Waals surface area contributed by atoms with Gasteiger partial charge in [-0.25, -0.2) is 0 Å². The SMILES string of the molecule is CC1CCC2(CC1)CC(=O)N(CC(C)(C)O)C2=O. The lowest BCUT2D eigenvalue weighted by molar-refractivity contribution is -0.145. The van der Waals surface area contributed by atoms with Crippen LogP contribution in [-0.2, 0) is 9.59 Å². The van der Waals surface area contributed by atoms with Crippen molar-refractivity contribution in [1.29, 1.82) is 0 Å². The molecule has 1 saturated carbocycles. The molecule has 4 nitrogen and oxygen atoms in total. The Kier molecular flexibility index (Phi) is 3.26. The van der Waals surface area contributed by atoms with E-state index < -0.39 is 11.0 Å². The zero-order valence-electron chi connectivity index (χ0n) is 11.5. The van der Waals surface area contributed by atoms with E-state index in [1.807, 2.05) is 0 Å². The quantitative estimate of drug-likeness (QED) is 0.762. The van der Waals surface area contributed by atoms with E-state index in [2.05, 4.69) is 6.92 Å². The van der Waals surface area contributed by atoms with E-state index in [4.69, 9.17) is 0 Å². The fraction of sp³-hybridized carbons (Fsp3) is 0.857. The Labute approximate surface area is 108 Å². The van der Waals surface area contributed by atoms with Gasteiger partial charge in [-0.15, -0.1) is 0 Å². The summed E-state index contributed by atoms with van der Waals surface area (Å²) in [5.41, 5.74) is -1.46. The van der Waals surface area contributed by atoms with Gasteiger partial charge in [0.1, 0.15) is 0 Å². The molecule has 0 unspecified atom stereocenters. The van der Waals surface area contributed by atoms with Crippen molar-refractivity contribution in [2.75, 3.05) is 6.54 Å². The molecule has 18 heavy (non-hydrogen) atoms. The molecule has 1 aliphatic carbocycles. The zero-order chi connectivity index (χ0) is 13.6. The summed E-state index contributed by atoms with van der Waals surface area (Å²) in [6, 6.07) is 0. The first-order valence-corrected chi connectivity index (χ1v) is 6.81. The van der Waals surface area contributed by atoms with Gasteiger partial charge in [0, 0.05) is 6.42 Å². The van der Waals surface area contributed by atoms with Crippen LogP contribution >= 0.6 is 0 Å². The number of aliphatic hydroxyl groups is 1. The molecule has 4 heteroatoms. The van der Waals surface area contributed by atoms with Crippen LogP contribution in [0.15, 0.2) is 0 Å². The van der Waals surface area contributed by atoms with Crippen LogP contribution in [0.3, 0.4) is 0 Å². The van der Waals surface area contributed by atoms with E-state index in [9.17, 15) is 14.7 Å². The van der Waals surface area contributed by atoms with Crippen LogP contribution in [0.25, 0.3) is 0 Å². The summed E-state index contributed by atoms with van der Waals surface area (Å²) in [6.45, 7) is 5.56. The molecule has 0 bridgehead atoms. The molecule has 0 radical (unpaired) electrons. The van der Waals surface area contributed by atoms with Crippen molar-refractivity contribution < 1.29 is 14.7 Å². The summed E-state index contributed by atoms with van der Waals surface area (Å²) in [5.74, 6) is 0.486. The summed E-state index contributed by atoms with van der Waals surface area (Å²) in [6.07, 6.45) is 4.03. The molecule has 0 aromatic carbocycles. The van der Waals surface area contributed by atoms with Gasteiger partial charge >= 0.3 is 0 Å². The molecule has 1 spiro atoms.